The normalized spacial score (nSPS) is 12.5. The number of carbonyl (C=O) groups is 1. The maximum absolute atomic E-state index is 11.7. The molecule has 0 saturated carbocycles. The van der Waals surface area contributed by atoms with Crippen molar-refractivity contribution >= 4 is 61.3 Å². The number of aromatic nitrogens is 1. The Morgan fingerprint density at radius 1 is 0.860 bits per heavy atom. The minimum absolute atomic E-state index is 0. The predicted molar refractivity (Wildman–Crippen MR) is 219 cm³/mol. The van der Waals surface area contributed by atoms with E-state index >= 15 is 0 Å². The van der Waals surface area contributed by atoms with Crippen LogP contribution in [0.3, 0.4) is 0 Å². The molecule has 2 aromatic heterocycles. The van der Waals surface area contributed by atoms with Crippen LogP contribution < -0.4 is 5.19 Å². The van der Waals surface area contributed by atoms with Gasteiger partial charge in [-0.1, -0.05) is 114 Å². The minimum Gasteiger partial charge on any atom is -0.512 e. The van der Waals surface area contributed by atoms with Crippen LogP contribution in [0.25, 0.3) is 42.2 Å². The Morgan fingerprint density at radius 2 is 1.44 bits per heavy atom. The summed E-state index contributed by atoms with van der Waals surface area (Å²) in [5.74, 6) is 0.547. The number of hydrogen-bond acceptors (Lipinski definition) is 4. The summed E-state index contributed by atoms with van der Waals surface area (Å²) in [6.45, 7) is 29.0. The van der Waals surface area contributed by atoms with Gasteiger partial charge in [0, 0.05) is 64.7 Å². The van der Waals surface area contributed by atoms with Gasteiger partial charge in [-0.25, -0.2) is 0 Å². The Morgan fingerprint density at radius 3 is 2.00 bits per heavy atom. The number of carbonyl (C=O) groups excluding carboxylic acids is 1. The van der Waals surface area contributed by atoms with Crippen molar-refractivity contribution in [3.05, 3.63) is 82.8 Å². The molecule has 0 fully saturated rings. The van der Waals surface area contributed by atoms with Crippen molar-refractivity contribution < 1.29 is 30.0 Å². The van der Waals surface area contributed by atoms with Crippen LogP contribution in [0.2, 0.25) is 19.6 Å². The molecule has 0 atom stereocenters. The molecule has 6 heteroatoms. The molecule has 271 valence electrons. The number of aryl methyl sites for hydroxylation is 3. The van der Waals surface area contributed by atoms with E-state index < -0.39 is 8.07 Å². The molecule has 1 radical (unpaired) electrons. The summed E-state index contributed by atoms with van der Waals surface area (Å²) in [6, 6.07) is 17.6. The number of ketones is 1. The molecule has 0 spiro atoms. The number of nitrogens with zero attached hydrogens (tertiary/aromatic N) is 1. The molecule has 3 nitrogen and oxygen atoms in total. The first kappa shape index (κ1) is 41.8. The van der Waals surface area contributed by atoms with Crippen molar-refractivity contribution in [2.45, 2.75) is 120 Å². The van der Waals surface area contributed by atoms with E-state index in [0.29, 0.717) is 0 Å². The average molecular weight is 885 g/mol. The first-order chi connectivity index (χ1) is 23.0. The summed E-state index contributed by atoms with van der Waals surface area (Å²) in [6.07, 6.45) is 6.88. The van der Waals surface area contributed by atoms with Gasteiger partial charge in [-0.3, -0.25) is 9.78 Å². The molecular formula is C44H58IrNO2SSi-. The Bertz CT molecular complexity index is 2000. The third kappa shape index (κ3) is 8.86. The van der Waals surface area contributed by atoms with Gasteiger partial charge in [0.25, 0.3) is 0 Å². The molecule has 0 saturated heterocycles. The molecule has 0 aliphatic rings. The smallest absolute Gasteiger partial charge is 0.162 e. The van der Waals surface area contributed by atoms with Crippen LogP contribution in [0.15, 0.2) is 54.4 Å². The topological polar surface area (TPSA) is 50.2 Å². The Balaban J connectivity index is 0.000000361. The summed E-state index contributed by atoms with van der Waals surface area (Å²) in [5, 5.41) is 16.5. The number of aliphatic hydroxyl groups excluding tert-OH is 1. The third-order valence-corrected chi connectivity index (χ3v) is 13.7. The van der Waals surface area contributed by atoms with Crippen LogP contribution >= 0.6 is 11.3 Å². The van der Waals surface area contributed by atoms with E-state index in [9.17, 15) is 9.90 Å². The summed E-state index contributed by atoms with van der Waals surface area (Å²) in [4.78, 5) is 16.6. The minimum atomic E-state index is -1.41. The van der Waals surface area contributed by atoms with E-state index in [4.69, 9.17) is 4.98 Å². The van der Waals surface area contributed by atoms with Gasteiger partial charge in [0.2, 0.25) is 0 Å². The monoisotopic (exact) mass is 885 g/mol. The first-order valence-electron chi connectivity index (χ1n) is 18.2. The fourth-order valence-corrected chi connectivity index (χ4v) is 10.2. The van der Waals surface area contributed by atoms with Crippen LogP contribution in [-0.4, -0.2) is 23.9 Å². The number of thiophene rings is 1. The first-order valence-corrected chi connectivity index (χ1v) is 22.5. The van der Waals surface area contributed by atoms with Gasteiger partial charge in [0.15, 0.2) is 5.78 Å². The SMILES string of the molecule is CCC(CC)C(=O)/C=C(\O)C(CC)CC.Cc1cc2[c-]c(-c3nccc4c3sc3c(C)c([Si](C)(C)C)ccc34)cc(C(C)(C)C)c2cc1C.[Ir]. The van der Waals surface area contributed by atoms with Crippen LogP contribution in [0.1, 0.15) is 96.4 Å². The van der Waals surface area contributed by atoms with Crippen molar-refractivity contribution in [3.63, 3.8) is 0 Å². The van der Waals surface area contributed by atoms with E-state index in [1.54, 1.807) is 5.19 Å². The molecule has 0 unspecified atom stereocenters. The van der Waals surface area contributed by atoms with Crippen LogP contribution in [0.5, 0.6) is 0 Å². The summed E-state index contributed by atoms with van der Waals surface area (Å²) < 4.78 is 2.68. The van der Waals surface area contributed by atoms with E-state index in [1.165, 1.54) is 59.3 Å². The molecule has 0 aliphatic heterocycles. The van der Waals surface area contributed by atoms with Crippen molar-refractivity contribution in [2.75, 3.05) is 0 Å². The Hall–Kier alpha value is -2.63. The van der Waals surface area contributed by atoms with Gasteiger partial charge in [-0.15, -0.1) is 40.5 Å². The van der Waals surface area contributed by atoms with E-state index in [1.807, 2.05) is 45.2 Å². The molecule has 1 N–H and O–H groups in total. The summed E-state index contributed by atoms with van der Waals surface area (Å²) in [7, 11) is -1.41. The van der Waals surface area contributed by atoms with Gasteiger partial charge in [0.05, 0.1) is 13.8 Å². The van der Waals surface area contributed by atoms with E-state index in [-0.39, 0.29) is 48.9 Å². The molecule has 5 rings (SSSR count). The van der Waals surface area contributed by atoms with Crippen LogP contribution in [0, 0.1) is 38.7 Å². The summed E-state index contributed by atoms with van der Waals surface area (Å²) >= 11 is 1.90. The third-order valence-electron chi connectivity index (χ3n) is 10.2. The summed E-state index contributed by atoms with van der Waals surface area (Å²) in [5.41, 5.74) is 7.63. The number of fused-ring (bicyclic) bond motifs is 4. The Labute approximate surface area is 320 Å². The Kier molecular flexibility index (Phi) is 14.0. The maximum Gasteiger partial charge on any atom is 0.162 e. The molecule has 0 bridgehead atoms. The van der Waals surface area contributed by atoms with Crippen molar-refractivity contribution in [3.8, 4) is 11.3 Å². The quantitative estimate of drug-likeness (QED) is 0.0694. The number of rotatable bonds is 9. The molecule has 0 aliphatic carbocycles. The zero-order valence-electron chi connectivity index (χ0n) is 32.6. The van der Waals surface area contributed by atoms with Gasteiger partial charge in [-0.2, -0.15) is 0 Å². The maximum atomic E-state index is 11.7. The number of aliphatic hydroxyl groups is 1. The fourth-order valence-electron chi connectivity index (χ4n) is 6.98. The van der Waals surface area contributed by atoms with Gasteiger partial charge in [-0.05, 0) is 68.9 Å². The number of hydrogen-bond donors (Lipinski definition) is 1. The number of allylic oxidation sites excluding steroid dienone is 2. The largest absolute Gasteiger partial charge is 0.512 e. The zero-order valence-corrected chi connectivity index (χ0v) is 36.9. The van der Waals surface area contributed by atoms with Gasteiger partial charge < -0.3 is 5.11 Å². The molecular weight excluding hydrogens is 827 g/mol. The van der Waals surface area contributed by atoms with E-state index in [0.717, 1.165) is 36.9 Å². The van der Waals surface area contributed by atoms with E-state index in [2.05, 4.69) is 104 Å². The van der Waals surface area contributed by atoms with Crippen molar-refractivity contribution in [1.29, 1.82) is 0 Å². The molecule has 3 aromatic carbocycles. The van der Waals surface area contributed by atoms with Crippen molar-refractivity contribution in [1.82, 2.24) is 4.98 Å². The van der Waals surface area contributed by atoms with Crippen LogP contribution in [0.4, 0.5) is 0 Å². The zero-order chi connectivity index (χ0) is 36.4. The standard InChI is InChI=1S/C31H34NSSi.C13H24O2.Ir/c1-18-14-21-16-22(17-26(31(4,5)6)25(21)15-19(18)2)28-30-24(12-13-32-28)23-10-11-27(34(7,8)9)20(3)29(23)33-30;1-5-10(6-2)12(14)9-13(15)11(7-3)8-4;/h10-15,17H,1-9H3;9-11,14H,5-8H2,1-4H3;/q-1;;/b;12-9-;. The second-order valence-corrected chi connectivity index (χ2v) is 21.9. The molecule has 5 aromatic rings. The van der Waals surface area contributed by atoms with Crippen LogP contribution in [-0.2, 0) is 30.3 Å². The molecule has 50 heavy (non-hydrogen) atoms. The number of benzene rings is 3. The second-order valence-electron chi connectivity index (χ2n) is 15.8. The number of pyridine rings is 1. The molecule has 0 amide bonds. The fraction of sp³-hybridized carbons (Fsp3) is 0.455. The van der Waals surface area contributed by atoms with Gasteiger partial charge >= 0.3 is 0 Å². The van der Waals surface area contributed by atoms with Gasteiger partial charge in [0.1, 0.15) is 0 Å². The molecule has 2 heterocycles. The van der Waals surface area contributed by atoms with Crippen molar-refractivity contribution in [2.24, 2.45) is 11.8 Å². The predicted octanol–water partition coefficient (Wildman–Crippen LogP) is 12.7. The second kappa shape index (κ2) is 16.8. The average Bonchev–Trinajstić information content (AvgIpc) is 3.42.